The first-order valence-corrected chi connectivity index (χ1v) is 7.40. The van der Waals surface area contributed by atoms with Gasteiger partial charge in [0.05, 0.1) is 0 Å². The van der Waals surface area contributed by atoms with Crippen LogP contribution in [-0.2, 0) is 4.79 Å². The molecule has 0 aromatic rings. The number of oxime groups is 1. The van der Waals surface area contributed by atoms with Crippen LogP contribution in [0.3, 0.4) is 0 Å². The Balaban J connectivity index is 2.77. The summed E-state index contributed by atoms with van der Waals surface area (Å²) in [6.07, 6.45) is 4.21. The maximum atomic E-state index is 12.8. The predicted octanol–water partition coefficient (Wildman–Crippen LogP) is 1.09. The number of nitrogens with two attached hydrogens (primary N) is 1. The van der Waals surface area contributed by atoms with Crippen molar-refractivity contribution in [1.29, 1.82) is 0 Å². The van der Waals surface area contributed by atoms with Crippen LogP contribution in [0.15, 0.2) is 5.16 Å². The third-order valence-corrected chi connectivity index (χ3v) is 4.17. The van der Waals surface area contributed by atoms with Crippen molar-refractivity contribution in [1.82, 2.24) is 9.80 Å². The van der Waals surface area contributed by atoms with Crippen LogP contribution in [0.1, 0.15) is 39.0 Å². The summed E-state index contributed by atoms with van der Waals surface area (Å²) in [5.74, 6) is 0.0950. The van der Waals surface area contributed by atoms with Crippen molar-refractivity contribution in [3.8, 4) is 0 Å². The van der Waals surface area contributed by atoms with Crippen molar-refractivity contribution in [2.45, 2.75) is 39.0 Å². The Morgan fingerprint density at radius 2 is 1.90 bits per heavy atom. The van der Waals surface area contributed by atoms with Crippen LogP contribution in [0, 0.1) is 5.41 Å². The fourth-order valence-electron chi connectivity index (χ4n) is 2.94. The maximum Gasteiger partial charge on any atom is 0.236 e. The summed E-state index contributed by atoms with van der Waals surface area (Å²) in [7, 11) is 4.04. The van der Waals surface area contributed by atoms with Gasteiger partial charge in [-0.2, -0.15) is 0 Å². The lowest BCUT2D eigenvalue weighted by atomic mass is 9.83. The van der Waals surface area contributed by atoms with Gasteiger partial charge in [-0.1, -0.05) is 18.0 Å². The van der Waals surface area contributed by atoms with Crippen LogP contribution < -0.4 is 5.73 Å². The van der Waals surface area contributed by atoms with Crippen LogP contribution in [-0.4, -0.2) is 60.5 Å². The van der Waals surface area contributed by atoms with Gasteiger partial charge in [0, 0.05) is 13.1 Å². The Hall–Kier alpha value is -1.30. The molecular weight excluding hydrogens is 256 g/mol. The van der Waals surface area contributed by atoms with Gasteiger partial charge < -0.3 is 20.7 Å². The van der Waals surface area contributed by atoms with Gasteiger partial charge in [-0.05, 0) is 46.8 Å². The molecular formula is C14H28N4O2. The zero-order valence-electron chi connectivity index (χ0n) is 12.9. The molecule has 1 aliphatic carbocycles. The molecule has 0 spiro atoms. The van der Waals surface area contributed by atoms with Crippen molar-refractivity contribution in [2.75, 3.05) is 33.7 Å². The minimum atomic E-state index is -0.775. The van der Waals surface area contributed by atoms with Gasteiger partial charge in [-0.3, -0.25) is 4.79 Å². The second-order valence-electron chi connectivity index (χ2n) is 5.82. The summed E-state index contributed by atoms with van der Waals surface area (Å²) < 4.78 is 0. The number of amides is 1. The van der Waals surface area contributed by atoms with Crippen LogP contribution in [0.4, 0.5) is 0 Å². The van der Waals surface area contributed by atoms with E-state index >= 15 is 0 Å². The first-order valence-electron chi connectivity index (χ1n) is 7.40. The molecule has 1 fully saturated rings. The molecule has 116 valence electrons. The quantitative estimate of drug-likeness (QED) is 0.317. The summed E-state index contributed by atoms with van der Waals surface area (Å²) in [5, 5.41) is 12.1. The van der Waals surface area contributed by atoms with E-state index in [1.54, 1.807) is 0 Å². The van der Waals surface area contributed by atoms with Gasteiger partial charge in [0.2, 0.25) is 5.91 Å². The van der Waals surface area contributed by atoms with Gasteiger partial charge in [-0.25, -0.2) is 0 Å². The Morgan fingerprint density at radius 3 is 2.35 bits per heavy atom. The molecule has 6 nitrogen and oxygen atoms in total. The average molecular weight is 284 g/mol. The maximum absolute atomic E-state index is 12.8. The Bertz CT molecular complexity index is 349. The van der Waals surface area contributed by atoms with E-state index in [-0.39, 0.29) is 11.7 Å². The number of nitrogens with zero attached hydrogens (tertiary/aromatic N) is 3. The van der Waals surface area contributed by atoms with E-state index in [9.17, 15) is 4.79 Å². The van der Waals surface area contributed by atoms with Gasteiger partial charge in [0.25, 0.3) is 0 Å². The van der Waals surface area contributed by atoms with Crippen molar-refractivity contribution < 1.29 is 10.0 Å². The Kier molecular flexibility index (Phi) is 6.26. The molecule has 1 amide bonds. The van der Waals surface area contributed by atoms with E-state index in [0.717, 1.165) is 25.8 Å². The highest BCUT2D eigenvalue weighted by molar-refractivity contribution is 6.07. The van der Waals surface area contributed by atoms with Crippen LogP contribution in [0.2, 0.25) is 0 Å². The molecule has 0 saturated heterocycles. The van der Waals surface area contributed by atoms with Gasteiger partial charge in [0.15, 0.2) is 5.84 Å². The number of carbonyl (C=O) groups excluding carboxylic acids is 1. The largest absolute Gasteiger partial charge is 0.409 e. The molecule has 0 unspecified atom stereocenters. The molecule has 0 aliphatic heterocycles. The van der Waals surface area contributed by atoms with Gasteiger partial charge >= 0.3 is 0 Å². The summed E-state index contributed by atoms with van der Waals surface area (Å²) in [4.78, 5) is 16.8. The zero-order valence-corrected chi connectivity index (χ0v) is 12.9. The number of hydrogen-bond donors (Lipinski definition) is 2. The lowest BCUT2D eigenvalue weighted by Gasteiger charge is -2.33. The molecule has 0 radical (unpaired) electrons. The van der Waals surface area contributed by atoms with Crippen molar-refractivity contribution >= 4 is 11.7 Å². The normalized spacial score (nSPS) is 18.5. The summed E-state index contributed by atoms with van der Waals surface area (Å²) in [6.45, 7) is 4.30. The number of carbonyl (C=O) groups is 1. The summed E-state index contributed by atoms with van der Waals surface area (Å²) in [6, 6.07) is 0. The standard InChI is InChI=1S/C14H28N4O2/c1-4-18(11-7-10-17(2)3)13(19)14(12(15)16-20)8-5-6-9-14/h20H,4-11H2,1-3H3,(H2,15,16). The van der Waals surface area contributed by atoms with Gasteiger partial charge in [-0.15, -0.1) is 0 Å². The second-order valence-corrected chi connectivity index (χ2v) is 5.82. The zero-order chi connectivity index (χ0) is 15.2. The molecule has 1 saturated carbocycles. The lowest BCUT2D eigenvalue weighted by Crippen LogP contribution is -2.50. The highest BCUT2D eigenvalue weighted by atomic mass is 16.4. The fourth-order valence-corrected chi connectivity index (χ4v) is 2.94. The molecule has 0 aromatic heterocycles. The third kappa shape index (κ3) is 3.62. The smallest absolute Gasteiger partial charge is 0.236 e. The molecule has 0 atom stereocenters. The molecule has 20 heavy (non-hydrogen) atoms. The summed E-state index contributed by atoms with van der Waals surface area (Å²) >= 11 is 0. The molecule has 6 heteroatoms. The molecule has 0 aromatic carbocycles. The molecule has 1 aliphatic rings. The Labute approximate surface area is 121 Å². The van der Waals surface area contributed by atoms with E-state index in [1.165, 1.54) is 0 Å². The first-order chi connectivity index (χ1) is 9.47. The molecule has 3 N–H and O–H groups in total. The van der Waals surface area contributed by atoms with Crippen LogP contribution in [0.25, 0.3) is 0 Å². The first kappa shape index (κ1) is 16.8. The van der Waals surface area contributed by atoms with E-state index in [1.807, 2.05) is 25.9 Å². The topological polar surface area (TPSA) is 82.2 Å². The predicted molar refractivity (Wildman–Crippen MR) is 79.7 cm³/mol. The molecule has 0 bridgehead atoms. The number of amidine groups is 1. The number of hydrogen-bond acceptors (Lipinski definition) is 4. The summed E-state index contributed by atoms with van der Waals surface area (Å²) in [5.41, 5.74) is 5.05. The second kappa shape index (κ2) is 7.47. The van der Waals surface area contributed by atoms with E-state index < -0.39 is 5.41 Å². The third-order valence-electron chi connectivity index (χ3n) is 4.17. The van der Waals surface area contributed by atoms with E-state index in [4.69, 9.17) is 10.9 Å². The van der Waals surface area contributed by atoms with E-state index in [0.29, 0.717) is 25.9 Å². The fraction of sp³-hybridized carbons (Fsp3) is 0.857. The van der Waals surface area contributed by atoms with Crippen molar-refractivity contribution in [2.24, 2.45) is 16.3 Å². The highest BCUT2D eigenvalue weighted by Crippen LogP contribution is 2.40. The average Bonchev–Trinajstić information content (AvgIpc) is 2.92. The van der Waals surface area contributed by atoms with Crippen molar-refractivity contribution in [3.05, 3.63) is 0 Å². The minimum absolute atomic E-state index is 0.0200. The van der Waals surface area contributed by atoms with Crippen molar-refractivity contribution in [3.63, 3.8) is 0 Å². The monoisotopic (exact) mass is 284 g/mol. The SMILES string of the molecule is CCN(CCCN(C)C)C(=O)C1(C(N)=NO)CCCC1. The number of rotatable bonds is 7. The molecule has 1 rings (SSSR count). The van der Waals surface area contributed by atoms with E-state index in [2.05, 4.69) is 10.1 Å². The minimum Gasteiger partial charge on any atom is -0.409 e. The van der Waals surface area contributed by atoms with Gasteiger partial charge in [0.1, 0.15) is 5.41 Å². The Morgan fingerprint density at radius 1 is 1.30 bits per heavy atom. The van der Waals surface area contributed by atoms with Crippen LogP contribution >= 0.6 is 0 Å². The molecule has 0 heterocycles. The highest BCUT2D eigenvalue weighted by Gasteiger charge is 2.47. The van der Waals surface area contributed by atoms with Crippen LogP contribution in [0.5, 0.6) is 0 Å². The lowest BCUT2D eigenvalue weighted by molar-refractivity contribution is -0.138.